The number of hydrogen-bond acceptors (Lipinski definition) is 4. The van der Waals surface area contributed by atoms with Gasteiger partial charge in [-0.05, 0) is 75.4 Å². The molecule has 4 rings (SSSR count). The lowest BCUT2D eigenvalue weighted by Gasteiger charge is -2.18. The van der Waals surface area contributed by atoms with E-state index >= 15 is 0 Å². The number of nitrogens with one attached hydrogen (secondary N) is 1. The van der Waals surface area contributed by atoms with Crippen LogP contribution >= 0.6 is 0 Å². The van der Waals surface area contributed by atoms with Crippen LogP contribution in [0.1, 0.15) is 42.9 Å². The highest BCUT2D eigenvalue weighted by molar-refractivity contribution is 7.92. The van der Waals surface area contributed by atoms with Gasteiger partial charge in [-0.1, -0.05) is 17.7 Å². The van der Waals surface area contributed by atoms with Gasteiger partial charge in [-0.2, -0.15) is 0 Å². The van der Waals surface area contributed by atoms with E-state index in [1.54, 1.807) is 30.0 Å². The van der Waals surface area contributed by atoms with Gasteiger partial charge in [0.1, 0.15) is 0 Å². The summed E-state index contributed by atoms with van der Waals surface area (Å²) in [7, 11) is -3.67. The summed E-state index contributed by atoms with van der Waals surface area (Å²) in [5, 5.41) is 1.96. The van der Waals surface area contributed by atoms with E-state index in [2.05, 4.69) is 5.32 Å². The van der Waals surface area contributed by atoms with Gasteiger partial charge in [0, 0.05) is 30.3 Å². The molecule has 1 N–H and O–H groups in total. The molecule has 2 aliphatic rings. The van der Waals surface area contributed by atoms with Crippen molar-refractivity contribution >= 4 is 33.0 Å². The summed E-state index contributed by atoms with van der Waals surface area (Å²) in [4.78, 5) is 26.9. The standard InChI is InChI=1S/C24H28N2O4S/c1-15-4-8-21(16(2)12-15)25-23(27)13-17(3)31(29,30)20-7-9-22-19(14-20)10-11-26(22)24(28)18-5-6-18/h4,7-9,12,14,17-18H,5-6,10-11,13H2,1-3H3,(H,25,27). The Morgan fingerprint density at radius 3 is 2.55 bits per heavy atom. The van der Waals surface area contributed by atoms with E-state index in [4.69, 9.17) is 0 Å². The minimum atomic E-state index is -3.67. The fourth-order valence-electron chi connectivity index (χ4n) is 4.09. The molecule has 31 heavy (non-hydrogen) atoms. The van der Waals surface area contributed by atoms with Crippen LogP contribution in [0.15, 0.2) is 41.3 Å². The number of amides is 2. The van der Waals surface area contributed by atoms with Gasteiger partial charge >= 0.3 is 0 Å². The Morgan fingerprint density at radius 1 is 1.13 bits per heavy atom. The lowest BCUT2D eigenvalue weighted by molar-refractivity contribution is -0.119. The van der Waals surface area contributed by atoms with Gasteiger partial charge in [0.2, 0.25) is 11.8 Å². The molecule has 1 aliphatic heterocycles. The zero-order valence-corrected chi connectivity index (χ0v) is 19.0. The molecule has 6 nitrogen and oxygen atoms in total. The van der Waals surface area contributed by atoms with E-state index in [1.807, 2.05) is 32.0 Å². The van der Waals surface area contributed by atoms with Crippen molar-refractivity contribution in [2.45, 2.75) is 56.6 Å². The van der Waals surface area contributed by atoms with Gasteiger partial charge in [0.25, 0.3) is 0 Å². The molecule has 0 aromatic heterocycles. The highest BCUT2D eigenvalue weighted by atomic mass is 32.2. The molecule has 1 heterocycles. The second-order valence-electron chi connectivity index (χ2n) is 8.73. The van der Waals surface area contributed by atoms with Gasteiger partial charge in [-0.15, -0.1) is 0 Å². The van der Waals surface area contributed by atoms with Gasteiger partial charge in [-0.25, -0.2) is 8.42 Å². The smallest absolute Gasteiger partial charge is 0.230 e. The molecule has 1 atom stereocenters. The number of rotatable bonds is 6. The molecule has 1 saturated carbocycles. The van der Waals surface area contributed by atoms with Crippen LogP contribution in [0, 0.1) is 19.8 Å². The third kappa shape index (κ3) is 4.37. The van der Waals surface area contributed by atoms with Crippen molar-refractivity contribution in [3.8, 4) is 0 Å². The Labute approximate surface area is 183 Å². The molecule has 1 aliphatic carbocycles. The maximum Gasteiger partial charge on any atom is 0.230 e. The minimum absolute atomic E-state index is 0.126. The van der Waals surface area contributed by atoms with Crippen LogP contribution in [-0.4, -0.2) is 32.0 Å². The van der Waals surface area contributed by atoms with Crippen LogP contribution in [0.3, 0.4) is 0 Å². The number of carbonyl (C=O) groups excluding carboxylic acids is 2. The number of anilines is 2. The maximum absolute atomic E-state index is 13.1. The molecule has 0 spiro atoms. The van der Waals surface area contributed by atoms with Crippen LogP contribution in [0.5, 0.6) is 0 Å². The van der Waals surface area contributed by atoms with E-state index in [0.29, 0.717) is 18.7 Å². The van der Waals surface area contributed by atoms with Crippen molar-refractivity contribution in [3.63, 3.8) is 0 Å². The Balaban J connectivity index is 1.46. The van der Waals surface area contributed by atoms with Gasteiger partial charge in [0.15, 0.2) is 9.84 Å². The number of benzene rings is 2. The Hall–Kier alpha value is -2.67. The molecule has 0 saturated heterocycles. The molecular weight excluding hydrogens is 412 g/mol. The molecule has 7 heteroatoms. The van der Waals surface area contributed by atoms with Crippen molar-refractivity contribution < 1.29 is 18.0 Å². The molecule has 2 aromatic carbocycles. The van der Waals surface area contributed by atoms with E-state index in [1.165, 1.54) is 0 Å². The van der Waals surface area contributed by atoms with Crippen molar-refractivity contribution in [1.82, 2.24) is 0 Å². The zero-order valence-electron chi connectivity index (χ0n) is 18.1. The fourth-order valence-corrected chi connectivity index (χ4v) is 5.49. The Morgan fingerprint density at radius 2 is 1.87 bits per heavy atom. The predicted octanol–water partition coefficient (Wildman–Crippen LogP) is 3.79. The van der Waals surface area contributed by atoms with Crippen LogP contribution in [0.2, 0.25) is 0 Å². The van der Waals surface area contributed by atoms with Gasteiger partial charge in [-0.3, -0.25) is 9.59 Å². The second-order valence-corrected chi connectivity index (χ2v) is 11.1. The summed E-state index contributed by atoms with van der Waals surface area (Å²) >= 11 is 0. The summed E-state index contributed by atoms with van der Waals surface area (Å²) in [6.45, 7) is 6.05. The highest BCUT2D eigenvalue weighted by Gasteiger charge is 2.37. The van der Waals surface area contributed by atoms with Crippen molar-refractivity contribution in [3.05, 3.63) is 53.1 Å². The zero-order chi connectivity index (χ0) is 22.3. The third-order valence-electron chi connectivity index (χ3n) is 6.13. The number of fused-ring (bicyclic) bond motifs is 1. The van der Waals surface area contributed by atoms with Crippen LogP contribution in [0.25, 0.3) is 0 Å². The first-order chi connectivity index (χ1) is 14.7. The topological polar surface area (TPSA) is 83.6 Å². The van der Waals surface area contributed by atoms with Crippen molar-refractivity contribution in [1.29, 1.82) is 0 Å². The van der Waals surface area contributed by atoms with E-state index in [9.17, 15) is 18.0 Å². The maximum atomic E-state index is 13.1. The Bertz CT molecular complexity index is 1150. The lowest BCUT2D eigenvalue weighted by atomic mass is 10.1. The van der Waals surface area contributed by atoms with Gasteiger partial charge < -0.3 is 10.2 Å². The van der Waals surface area contributed by atoms with Crippen LogP contribution in [0.4, 0.5) is 11.4 Å². The number of aryl methyl sites for hydroxylation is 2. The van der Waals surface area contributed by atoms with E-state index in [0.717, 1.165) is 35.2 Å². The molecule has 0 bridgehead atoms. The quantitative estimate of drug-likeness (QED) is 0.741. The monoisotopic (exact) mass is 440 g/mol. The van der Waals surface area contributed by atoms with Crippen LogP contribution in [-0.2, 0) is 25.8 Å². The molecule has 0 radical (unpaired) electrons. The van der Waals surface area contributed by atoms with Crippen molar-refractivity contribution in [2.75, 3.05) is 16.8 Å². The first-order valence-electron chi connectivity index (χ1n) is 10.7. The summed E-state index contributed by atoms with van der Waals surface area (Å²) in [6.07, 6.45) is 2.41. The second kappa shape index (κ2) is 8.11. The first kappa shape index (κ1) is 21.6. The molecule has 2 aromatic rings. The molecule has 2 amide bonds. The highest BCUT2D eigenvalue weighted by Crippen LogP contribution is 2.37. The summed E-state index contributed by atoms with van der Waals surface area (Å²) in [5.41, 5.74) is 4.42. The molecule has 1 fully saturated rings. The molecule has 164 valence electrons. The first-order valence-corrected chi connectivity index (χ1v) is 12.3. The normalized spacial score (nSPS) is 16.7. The average molecular weight is 441 g/mol. The summed E-state index contributed by atoms with van der Waals surface area (Å²) in [6, 6.07) is 10.7. The number of sulfone groups is 1. The fraction of sp³-hybridized carbons (Fsp3) is 0.417. The number of nitrogens with zero attached hydrogens (tertiary/aromatic N) is 1. The van der Waals surface area contributed by atoms with Crippen molar-refractivity contribution in [2.24, 2.45) is 5.92 Å². The van der Waals surface area contributed by atoms with Crippen LogP contribution < -0.4 is 10.2 Å². The molecular formula is C24H28N2O4S. The Kier molecular flexibility index (Phi) is 5.64. The summed E-state index contributed by atoms with van der Waals surface area (Å²) in [5.74, 6) is -0.0544. The van der Waals surface area contributed by atoms with E-state index < -0.39 is 15.1 Å². The van der Waals surface area contributed by atoms with E-state index in [-0.39, 0.29) is 29.0 Å². The minimum Gasteiger partial charge on any atom is -0.326 e. The SMILES string of the molecule is Cc1ccc(NC(=O)CC(C)S(=O)(=O)c2ccc3c(c2)CCN3C(=O)C2CC2)c(C)c1. The number of hydrogen-bond donors (Lipinski definition) is 1. The largest absolute Gasteiger partial charge is 0.326 e. The summed E-state index contributed by atoms with van der Waals surface area (Å²) < 4.78 is 26.2. The predicted molar refractivity (Wildman–Crippen MR) is 121 cm³/mol. The molecule has 1 unspecified atom stereocenters. The average Bonchev–Trinajstić information content (AvgIpc) is 3.48. The van der Waals surface area contributed by atoms with Gasteiger partial charge in [0.05, 0.1) is 10.1 Å². The number of carbonyl (C=O) groups is 2. The lowest BCUT2D eigenvalue weighted by Crippen LogP contribution is -2.30. The third-order valence-corrected chi connectivity index (χ3v) is 8.26.